The van der Waals surface area contributed by atoms with Crippen LogP contribution in [0.2, 0.25) is 0 Å². The molecular formula is C12H16N2O2. The van der Waals surface area contributed by atoms with Crippen LogP contribution in [0.15, 0.2) is 24.3 Å². The minimum atomic E-state index is -0.399. The fourth-order valence-electron chi connectivity index (χ4n) is 1.30. The number of rotatable bonds is 4. The number of nitrogens with zero attached hydrogens (tertiary/aromatic N) is 1. The highest BCUT2D eigenvalue weighted by Gasteiger charge is 2.11. The van der Waals surface area contributed by atoms with Crippen molar-refractivity contribution in [2.75, 3.05) is 13.6 Å². The topological polar surface area (TPSA) is 63.4 Å². The van der Waals surface area contributed by atoms with Crippen LogP contribution in [0.3, 0.4) is 0 Å². The second-order valence-electron chi connectivity index (χ2n) is 3.81. The molecule has 0 saturated carbocycles. The van der Waals surface area contributed by atoms with Crippen molar-refractivity contribution >= 4 is 11.8 Å². The van der Waals surface area contributed by atoms with Gasteiger partial charge in [-0.25, -0.2) is 0 Å². The molecule has 4 nitrogen and oxygen atoms in total. The van der Waals surface area contributed by atoms with E-state index >= 15 is 0 Å². The van der Waals surface area contributed by atoms with Gasteiger partial charge in [-0.05, 0) is 19.1 Å². The van der Waals surface area contributed by atoms with E-state index in [0.29, 0.717) is 12.1 Å². The third-order valence-corrected chi connectivity index (χ3v) is 2.34. The van der Waals surface area contributed by atoms with Gasteiger partial charge in [-0.15, -0.1) is 0 Å². The molecule has 4 heteroatoms. The summed E-state index contributed by atoms with van der Waals surface area (Å²) in [5.74, 6) is -0.496. The smallest absolute Gasteiger partial charge is 0.253 e. The Morgan fingerprint density at radius 3 is 2.31 bits per heavy atom. The molecule has 0 aliphatic carbocycles. The molecule has 1 aromatic rings. The summed E-state index contributed by atoms with van der Waals surface area (Å²) < 4.78 is 0. The summed E-state index contributed by atoms with van der Waals surface area (Å²) >= 11 is 0. The number of hydrogen-bond donors (Lipinski definition) is 1. The highest BCUT2D eigenvalue weighted by atomic mass is 16.2. The summed E-state index contributed by atoms with van der Waals surface area (Å²) in [4.78, 5) is 23.9. The van der Waals surface area contributed by atoms with Gasteiger partial charge in [0.25, 0.3) is 5.91 Å². The van der Waals surface area contributed by atoms with Crippen LogP contribution in [0, 0.1) is 6.92 Å². The fourth-order valence-corrected chi connectivity index (χ4v) is 1.30. The van der Waals surface area contributed by atoms with E-state index in [1.165, 1.54) is 4.90 Å². The van der Waals surface area contributed by atoms with Crippen LogP contribution >= 0.6 is 0 Å². The molecule has 0 bridgehead atoms. The quantitative estimate of drug-likeness (QED) is 0.820. The van der Waals surface area contributed by atoms with Crippen molar-refractivity contribution in [3.05, 3.63) is 35.4 Å². The Labute approximate surface area is 95.0 Å². The Morgan fingerprint density at radius 2 is 1.81 bits per heavy atom. The number of aryl methyl sites for hydroxylation is 1. The lowest BCUT2D eigenvalue weighted by Gasteiger charge is -2.16. The van der Waals surface area contributed by atoms with E-state index < -0.39 is 5.91 Å². The van der Waals surface area contributed by atoms with Gasteiger partial charge < -0.3 is 10.6 Å². The molecule has 0 aliphatic heterocycles. The van der Waals surface area contributed by atoms with Crippen LogP contribution in [0.4, 0.5) is 0 Å². The lowest BCUT2D eigenvalue weighted by atomic mass is 10.1. The number of nitrogens with two attached hydrogens (primary N) is 1. The molecule has 2 amide bonds. The highest BCUT2D eigenvalue weighted by molar-refractivity contribution is 5.94. The third kappa shape index (κ3) is 3.38. The van der Waals surface area contributed by atoms with E-state index in [2.05, 4.69) is 0 Å². The van der Waals surface area contributed by atoms with Gasteiger partial charge in [0, 0.05) is 25.6 Å². The summed E-state index contributed by atoms with van der Waals surface area (Å²) in [7, 11) is 1.66. The van der Waals surface area contributed by atoms with Crippen LogP contribution in [0.1, 0.15) is 22.3 Å². The number of carbonyl (C=O) groups excluding carboxylic acids is 2. The van der Waals surface area contributed by atoms with Crippen molar-refractivity contribution in [2.24, 2.45) is 5.73 Å². The first-order valence-electron chi connectivity index (χ1n) is 5.11. The Bertz CT molecular complexity index is 385. The van der Waals surface area contributed by atoms with E-state index in [0.717, 1.165) is 5.56 Å². The molecule has 2 N–H and O–H groups in total. The average molecular weight is 220 g/mol. The minimum Gasteiger partial charge on any atom is -0.370 e. The van der Waals surface area contributed by atoms with Gasteiger partial charge >= 0.3 is 0 Å². The Morgan fingerprint density at radius 1 is 1.25 bits per heavy atom. The van der Waals surface area contributed by atoms with Gasteiger partial charge in [0.1, 0.15) is 0 Å². The van der Waals surface area contributed by atoms with Crippen LogP contribution in [0.5, 0.6) is 0 Å². The summed E-state index contributed by atoms with van der Waals surface area (Å²) in [6.07, 6.45) is 0.189. The van der Waals surface area contributed by atoms with Crippen molar-refractivity contribution < 1.29 is 9.59 Å². The van der Waals surface area contributed by atoms with Crippen molar-refractivity contribution in [3.8, 4) is 0 Å². The molecule has 0 fully saturated rings. The van der Waals surface area contributed by atoms with Gasteiger partial charge in [0.2, 0.25) is 5.91 Å². The molecule has 0 aromatic heterocycles. The van der Waals surface area contributed by atoms with E-state index in [9.17, 15) is 9.59 Å². The van der Waals surface area contributed by atoms with Crippen LogP contribution in [0.25, 0.3) is 0 Å². The van der Waals surface area contributed by atoms with Gasteiger partial charge in [-0.1, -0.05) is 17.7 Å². The van der Waals surface area contributed by atoms with Gasteiger partial charge in [-0.3, -0.25) is 9.59 Å². The van der Waals surface area contributed by atoms with Crippen molar-refractivity contribution in [2.45, 2.75) is 13.3 Å². The van der Waals surface area contributed by atoms with E-state index in [4.69, 9.17) is 5.73 Å². The third-order valence-electron chi connectivity index (χ3n) is 2.34. The van der Waals surface area contributed by atoms with Crippen LogP contribution in [-0.4, -0.2) is 30.3 Å². The number of carbonyl (C=O) groups is 2. The lowest BCUT2D eigenvalue weighted by Crippen LogP contribution is -2.30. The number of hydrogen-bond acceptors (Lipinski definition) is 2. The molecule has 0 heterocycles. The van der Waals surface area contributed by atoms with Crippen molar-refractivity contribution in [1.82, 2.24) is 4.90 Å². The highest BCUT2D eigenvalue weighted by Crippen LogP contribution is 2.06. The maximum atomic E-state index is 11.8. The van der Waals surface area contributed by atoms with Crippen LogP contribution < -0.4 is 5.73 Å². The SMILES string of the molecule is Cc1ccc(C(=O)N(C)CCC(N)=O)cc1. The Kier molecular flexibility index (Phi) is 4.05. The normalized spacial score (nSPS) is 9.88. The maximum Gasteiger partial charge on any atom is 0.253 e. The Balaban J connectivity index is 2.63. The molecule has 0 aliphatic rings. The number of amides is 2. The summed E-state index contributed by atoms with van der Waals surface area (Å²) in [5.41, 5.74) is 6.75. The van der Waals surface area contributed by atoms with Gasteiger partial charge in [-0.2, -0.15) is 0 Å². The lowest BCUT2D eigenvalue weighted by molar-refractivity contribution is -0.118. The molecule has 0 atom stereocenters. The predicted molar refractivity (Wildman–Crippen MR) is 62.0 cm³/mol. The van der Waals surface area contributed by atoms with E-state index in [-0.39, 0.29) is 12.3 Å². The van der Waals surface area contributed by atoms with E-state index in [1.54, 1.807) is 19.2 Å². The van der Waals surface area contributed by atoms with Gasteiger partial charge in [0.15, 0.2) is 0 Å². The molecule has 0 saturated heterocycles. The first kappa shape index (κ1) is 12.2. The summed E-state index contributed by atoms with van der Waals surface area (Å²) in [6, 6.07) is 7.32. The van der Waals surface area contributed by atoms with Gasteiger partial charge in [0.05, 0.1) is 0 Å². The standard InChI is InChI=1S/C12H16N2O2/c1-9-3-5-10(6-4-9)12(16)14(2)8-7-11(13)15/h3-6H,7-8H2,1-2H3,(H2,13,15). The first-order valence-corrected chi connectivity index (χ1v) is 5.11. The second kappa shape index (κ2) is 5.30. The number of primary amides is 1. The molecule has 86 valence electrons. The van der Waals surface area contributed by atoms with Crippen molar-refractivity contribution in [1.29, 1.82) is 0 Å². The number of benzene rings is 1. The van der Waals surface area contributed by atoms with E-state index in [1.807, 2.05) is 19.1 Å². The second-order valence-corrected chi connectivity index (χ2v) is 3.81. The molecule has 0 unspecified atom stereocenters. The molecule has 16 heavy (non-hydrogen) atoms. The average Bonchev–Trinajstić information content (AvgIpc) is 2.26. The summed E-state index contributed by atoms with van der Waals surface area (Å²) in [6.45, 7) is 2.31. The first-order chi connectivity index (χ1) is 7.50. The molecular weight excluding hydrogens is 204 g/mol. The zero-order valence-corrected chi connectivity index (χ0v) is 9.56. The zero-order valence-electron chi connectivity index (χ0n) is 9.56. The fraction of sp³-hybridized carbons (Fsp3) is 0.333. The van der Waals surface area contributed by atoms with Crippen LogP contribution in [-0.2, 0) is 4.79 Å². The Hall–Kier alpha value is -1.84. The predicted octanol–water partition coefficient (Wildman–Crippen LogP) is 0.942. The maximum absolute atomic E-state index is 11.8. The minimum absolute atomic E-state index is 0.0961. The largest absolute Gasteiger partial charge is 0.370 e. The summed E-state index contributed by atoms with van der Waals surface area (Å²) in [5, 5.41) is 0. The molecule has 1 aromatic carbocycles. The zero-order chi connectivity index (χ0) is 12.1. The monoisotopic (exact) mass is 220 g/mol. The molecule has 1 rings (SSSR count). The van der Waals surface area contributed by atoms with Crippen molar-refractivity contribution in [3.63, 3.8) is 0 Å². The molecule has 0 radical (unpaired) electrons. The molecule has 0 spiro atoms.